The first-order chi connectivity index (χ1) is 9.77. The van der Waals surface area contributed by atoms with E-state index in [0.29, 0.717) is 19.4 Å². The quantitative estimate of drug-likeness (QED) is 0.924. The molecule has 0 unspecified atom stereocenters. The number of hydrogen-bond donors (Lipinski definition) is 1. The van der Waals surface area contributed by atoms with Crippen LogP contribution in [0.5, 0.6) is 0 Å². The summed E-state index contributed by atoms with van der Waals surface area (Å²) in [4.78, 5) is 12.2. The van der Waals surface area contributed by atoms with Crippen molar-refractivity contribution >= 4 is 21.6 Å². The van der Waals surface area contributed by atoms with Crippen LogP contribution in [0.25, 0.3) is 0 Å². The molecule has 1 amide bonds. The van der Waals surface area contributed by atoms with Crippen molar-refractivity contribution in [1.82, 2.24) is 4.31 Å². The predicted octanol–water partition coefficient (Wildman–Crippen LogP) is 1.74. The minimum Gasteiger partial charge on any atom is -0.323 e. The standard InChI is InChI=1S/C14H19FN2O3S/c1-10-5-6-13(12(15)8-10)16-14(18)11-4-3-7-17(9-11)21(2,19)20/h5-6,8,11H,3-4,7,9H2,1-2H3,(H,16,18)/t11-/m0/s1. The van der Waals surface area contributed by atoms with E-state index in [1.54, 1.807) is 13.0 Å². The molecule has 1 saturated heterocycles. The van der Waals surface area contributed by atoms with E-state index in [-0.39, 0.29) is 18.1 Å². The first-order valence-corrected chi connectivity index (χ1v) is 8.64. The maximum Gasteiger partial charge on any atom is 0.228 e. The Morgan fingerprint density at radius 2 is 2.14 bits per heavy atom. The molecule has 0 aliphatic carbocycles. The summed E-state index contributed by atoms with van der Waals surface area (Å²) in [5.41, 5.74) is 0.897. The number of anilines is 1. The number of halogens is 1. The van der Waals surface area contributed by atoms with Crippen LogP contribution in [0.4, 0.5) is 10.1 Å². The molecule has 1 N–H and O–H groups in total. The number of piperidine rings is 1. The predicted molar refractivity (Wildman–Crippen MR) is 78.9 cm³/mol. The fourth-order valence-electron chi connectivity index (χ4n) is 2.41. The SMILES string of the molecule is Cc1ccc(NC(=O)[C@H]2CCCN(S(C)(=O)=O)C2)c(F)c1. The van der Waals surface area contributed by atoms with Crippen molar-refractivity contribution in [2.75, 3.05) is 24.7 Å². The van der Waals surface area contributed by atoms with E-state index < -0.39 is 21.8 Å². The largest absolute Gasteiger partial charge is 0.323 e. The van der Waals surface area contributed by atoms with Gasteiger partial charge in [0.25, 0.3) is 0 Å². The van der Waals surface area contributed by atoms with Crippen LogP contribution in [0.3, 0.4) is 0 Å². The molecule has 0 bridgehead atoms. The Morgan fingerprint density at radius 3 is 2.76 bits per heavy atom. The highest BCUT2D eigenvalue weighted by Gasteiger charge is 2.30. The zero-order valence-electron chi connectivity index (χ0n) is 12.1. The number of benzene rings is 1. The third-order valence-electron chi connectivity index (χ3n) is 3.61. The van der Waals surface area contributed by atoms with Gasteiger partial charge in [0.15, 0.2) is 0 Å². The smallest absolute Gasteiger partial charge is 0.228 e. The summed E-state index contributed by atoms with van der Waals surface area (Å²) in [6.45, 7) is 2.35. The minimum atomic E-state index is -3.30. The second-order valence-corrected chi connectivity index (χ2v) is 7.42. The van der Waals surface area contributed by atoms with Crippen molar-refractivity contribution in [1.29, 1.82) is 0 Å². The minimum absolute atomic E-state index is 0.127. The Morgan fingerprint density at radius 1 is 1.43 bits per heavy atom. The summed E-state index contributed by atoms with van der Waals surface area (Å²) in [6.07, 6.45) is 2.36. The molecule has 1 aliphatic rings. The van der Waals surface area contributed by atoms with E-state index in [1.165, 1.54) is 16.4 Å². The van der Waals surface area contributed by atoms with Gasteiger partial charge in [-0.2, -0.15) is 0 Å². The second-order valence-electron chi connectivity index (χ2n) is 5.43. The lowest BCUT2D eigenvalue weighted by Gasteiger charge is -2.30. The van der Waals surface area contributed by atoms with Crippen LogP contribution in [-0.2, 0) is 14.8 Å². The molecule has 7 heteroatoms. The molecule has 1 atom stereocenters. The maximum absolute atomic E-state index is 13.7. The van der Waals surface area contributed by atoms with Gasteiger partial charge < -0.3 is 5.32 Å². The molecule has 5 nitrogen and oxygen atoms in total. The molecule has 1 aromatic carbocycles. The molecule has 1 aromatic rings. The topological polar surface area (TPSA) is 66.5 Å². The van der Waals surface area contributed by atoms with E-state index in [2.05, 4.69) is 5.32 Å². The van der Waals surface area contributed by atoms with Crippen LogP contribution < -0.4 is 5.32 Å². The average molecular weight is 314 g/mol. The average Bonchev–Trinajstić information content (AvgIpc) is 2.41. The molecule has 0 saturated carbocycles. The summed E-state index contributed by atoms with van der Waals surface area (Å²) < 4.78 is 38.1. The fourth-order valence-corrected chi connectivity index (χ4v) is 3.33. The zero-order valence-corrected chi connectivity index (χ0v) is 12.9. The first kappa shape index (κ1) is 15.9. The number of rotatable bonds is 3. The van der Waals surface area contributed by atoms with E-state index in [9.17, 15) is 17.6 Å². The lowest BCUT2D eigenvalue weighted by molar-refractivity contribution is -0.120. The lowest BCUT2D eigenvalue weighted by atomic mass is 9.98. The molecule has 2 rings (SSSR count). The Labute approximate surface area is 124 Å². The number of nitrogens with one attached hydrogen (secondary N) is 1. The van der Waals surface area contributed by atoms with Crippen LogP contribution in [0.15, 0.2) is 18.2 Å². The van der Waals surface area contributed by atoms with Crippen LogP contribution in [0, 0.1) is 18.7 Å². The first-order valence-electron chi connectivity index (χ1n) is 6.79. The number of hydrogen-bond acceptors (Lipinski definition) is 3. The molecule has 1 aliphatic heterocycles. The van der Waals surface area contributed by atoms with E-state index in [1.807, 2.05) is 0 Å². The van der Waals surface area contributed by atoms with Crippen LogP contribution >= 0.6 is 0 Å². The van der Waals surface area contributed by atoms with Gasteiger partial charge in [-0.05, 0) is 37.5 Å². The lowest BCUT2D eigenvalue weighted by Crippen LogP contribution is -2.43. The number of sulfonamides is 1. The number of aryl methyl sites for hydroxylation is 1. The third kappa shape index (κ3) is 4.01. The van der Waals surface area contributed by atoms with Crippen molar-refractivity contribution in [3.8, 4) is 0 Å². The van der Waals surface area contributed by atoms with Crippen LogP contribution in [0.1, 0.15) is 18.4 Å². The van der Waals surface area contributed by atoms with Gasteiger partial charge in [-0.25, -0.2) is 17.1 Å². The fraction of sp³-hybridized carbons (Fsp3) is 0.500. The summed E-state index contributed by atoms with van der Waals surface area (Å²) in [6, 6.07) is 4.57. The number of nitrogens with zero attached hydrogens (tertiary/aromatic N) is 1. The number of amides is 1. The molecule has 116 valence electrons. The zero-order chi connectivity index (χ0) is 15.6. The van der Waals surface area contributed by atoms with Crippen molar-refractivity contribution < 1.29 is 17.6 Å². The van der Waals surface area contributed by atoms with E-state index in [4.69, 9.17) is 0 Å². The molecule has 0 radical (unpaired) electrons. The monoisotopic (exact) mass is 314 g/mol. The highest BCUT2D eigenvalue weighted by molar-refractivity contribution is 7.88. The molecule has 1 fully saturated rings. The van der Waals surface area contributed by atoms with Crippen molar-refractivity contribution in [3.63, 3.8) is 0 Å². The Kier molecular flexibility index (Phi) is 4.63. The molecular formula is C14H19FN2O3S. The summed E-state index contributed by atoms with van der Waals surface area (Å²) in [5.74, 6) is -1.28. The van der Waals surface area contributed by atoms with Gasteiger partial charge in [0.1, 0.15) is 5.82 Å². The van der Waals surface area contributed by atoms with Crippen molar-refractivity contribution in [3.05, 3.63) is 29.6 Å². The molecule has 1 heterocycles. The van der Waals surface area contributed by atoms with Crippen LogP contribution in [0.2, 0.25) is 0 Å². The third-order valence-corrected chi connectivity index (χ3v) is 4.88. The summed E-state index contributed by atoms with van der Waals surface area (Å²) in [7, 11) is -3.30. The van der Waals surface area contributed by atoms with Crippen LogP contribution in [-0.4, -0.2) is 38.0 Å². The van der Waals surface area contributed by atoms with Gasteiger partial charge in [0, 0.05) is 13.1 Å². The second kappa shape index (κ2) is 6.11. The van der Waals surface area contributed by atoms with Gasteiger partial charge in [-0.1, -0.05) is 6.07 Å². The molecule has 0 spiro atoms. The highest BCUT2D eigenvalue weighted by atomic mass is 32.2. The summed E-state index contributed by atoms with van der Waals surface area (Å²) in [5, 5.41) is 2.54. The van der Waals surface area contributed by atoms with E-state index in [0.717, 1.165) is 11.8 Å². The molecular weight excluding hydrogens is 295 g/mol. The number of carbonyl (C=O) groups excluding carboxylic acids is 1. The van der Waals surface area contributed by atoms with Gasteiger partial charge >= 0.3 is 0 Å². The molecule has 21 heavy (non-hydrogen) atoms. The highest BCUT2D eigenvalue weighted by Crippen LogP contribution is 2.22. The Balaban J connectivity index is 2.06. The van der Waals surface area contributed by atoms with Crippen molar-refractivity contribution in [2.45, 2.75) is 19.8 Å². The summed E-state index contributed by atoms with van der Waals surface area (Å²) >= 11 is 0. The number of carbonyl (C=O) groups is 1. The Bertz CT molecular complexity index is 646. The van der Waals surface area contributed by atoms with Gasteiger partial charge in [-0.15, -0.1) is 0 Å². The van der Waals surface area contributed by atoms with Gasteiger partial charge in [0.2, 0.25) is 15.9 Å². The molecule has 0 aromatic heterocycles. The Hall–Kier alpha value is -1.47. The van der Waals surface area contributed by atoms with Gasteiger partial charge in [0.05, 0.1) is 17.9 Å². The van der Waals surface area contributed by atoms with E-state index >= 15 is 0 Å². The normalized spacial score (nSPS) is 20.2. The van der Waals surface area contributed by atoms with Crippen molar-refractivity contribution in [2.24, 2.45) is 5.92 Å². The maximum atomic E-state index is 13.7. The van der Waals surface area contributed by atoms with Gasteiger partial charge in [-0.3, -0.25) is 4.79 Å².